The number of methoxy groups -OCH3 is 1. The molecule has 1 aromatic rings. The average Bonchev–Trinajstić information content (AvgIpc) is 2.71. The monoisotopic (exact) mass is 261 g/mol. The van der Waals surface area contributed by atoms with Crippen LogP contribution in [0.2, 0.25) is 0 Å². The van der Waals surface area contributed by atoms with Crippen LogP contribution in [0.4, 0.5) is 0 Å². The summed E-state index contributed by atoms with van der Waals surface area (Å²) in [7, 11) is 0.0336. The molecule has 0 atom stereocenters. The van der Waals surface area contributed by atoms with Gasteiger partial charge in [-0.15, -0.1) is 0 Å². The zero-order chi connectivity index (χ0) is 12.7. The van der Waals surface area contributed by atoms with E-state index in [1.54, 1.807) is 37.2 Å². The minimum atomic E-state index is -3.37. The van der Waals surface area contributed by atoms with E-state index in [0.717, 1.165) is 0 Å². The van der Waals surface area contributed by atoms with E-state index >= 15 is 0 Å². The van der Waals surface area contributed by atoms with Gasteiger partial charge in [-0.25, -0.2) is 13.1 Å². The molecule has 0 aromatic carbocycles. The van der Waals surface area contributed by atoms with E-state index in [-0.39, 0.29) is 4.90 Å². The largest absolute Gasteiger partial charge is 0.383 e. The number of hydrogen-bond donors (Lipinski definition) is 2. The Hall–Kier alpha value is -0.890. The molecule has 0 radical (unpaired) electrons. The maximum Gasteiger partial charge on any atom is 0.242 e. The van der Waals surface area contributed by atoms with Crippen molar-refractivity contribution in [3.63, 3.8) is 0 Å². The van der Waals surface area contributed by atoms with Gasteiger partial charge in [-0.1, -0.05) is 0 Å². The lowest BCUT2D eigenvalue weighted by molar-refractivity contribution is 0.199. The van der Waals surface area contributed by atoms with E-state index < -0.39 is 10.0 Å². The lowest BCUT2D eigenvalue weighted by atomic mass is 10.6. The maximum absolute atomic E-state index is 11.8. The molecule has 17 heavy (non-hydrogen) atoms. The van der Waals surface area contributed by atoms with E-state index in [1.165, 1.54) is 0 Å². The van der Waals surface area contributed by atoms with Gasteiger partial charge in [0.05, 0.1) is 11.5 Å². The van der Waals surface area contributed by atoms with Gasteiger partial charge in [-0.3, -0.25) is 0 Å². The average molecular weight is 261 g/mol. The molecular formula is C10H19N3O3S. The second-order valence-corrected chi connectivity index (χ2v) is 5.42. The summed E-state index contributed by atoms with van der Waals surface area (Å²) in [6.45, 7) is 2.27. The van der Waals surface area contributed by atoms with Gasteiger partial charge in [0.2, 0.25) is 10.0 Å². The highest BCUT2D eigenvalue weighted by molar-refractivity contribution is 7.89. The summed E-state index contributed by atoms with van der Waals surface area (Å²) < 4.78 is 32.6. The predicted octanol–water partition coefficient (Wildman–Crippen LogP) is -0.461. The molecule has 0 bridgehead atoms. The number of nitrogens with zero attached hydrogens (tertiary/aromatic N) is 1. The van der Waals surface area contributed by atoms with Crippen molar-refractivity contribution in [2.75, 3.05) is 33.4 Å². The Morgan fingerprint density at radius 3 is 2.71 bits per heavy atom. The lowest BCUT2D eigenvalue weighted by Gasteiger charge is -2.06. The van der Waals surface area contributed by atoms with Crippen LogP contribution in [0.15, 0.2) is 23.4 Å². The molecule has 0 amide bonds. The minimum Gasteiger partial charge on any atom is -0.383 e. The van der Waals surface area contributed by atoms with Gasteiger partial charge in [0, 0.05) is 46.2 Å². The second-order valence-electron chi connectivity index (χ2n) is 3.65. The molecule has 2 N–H and O–H groups in total. The van der Waals surface area contributed by atoms with Crippen LogP contribution in [0.1, 0.15) is 0 Å². The number of hydrogen-bond acceptors (Lipinski definition) is 4. The minimum absolute atomic E-state index is 0.289. The summed E-state index contributed by atoms with van der Waals surface area (Å²) in [5.74, 6) is 0. The third-order valence-corrected chi connectivity index (χ3v) is 3.64. The topological polar surface area (TPSA) is 72.4 Å². The van der Waals surface area contributed by atoms with Crippen LogP contribution < -0.4 is 10.0 Å². The number of nitrogens with one attached hydrogen (secondary N) is 2. The molecule has 98 valence electrons. The number of aryl methyl sites for hydroxylation is 1. The van der Waals surface area contributed by atoms with Gasteiger partial charge in [0.1, 0.15) is 0 Å². The van der Waals surface area contributed by atoms with E-state index in [4.69, 9.17) is 4.74 Å². The van der Waals surface area contributed by atoms with Crippen molar-refractivity contribution in [3.05, 3.63) is 18.5 Å². The van der Waals surface area contributed by atoms with Crippen LogP contribution in [0.5, 0.6) is 0 Å². The first-order valence-electron chi connectivity index (χ1n) is 5.37. The summed E-state index contributed by atoms with van der Waals surface area (Å²) in [6, 6.07) is 1.57. The van der Waals surface area contributed by atoms with Crippen molar-refractivity contribution >= 4 is 10.0 Å². The Bertz CT molecular complexity index is 428. The van der Waals surface area contributed by atoms with Crippen molar-refractivity contribution in [3.8, 4) is 0 Å². The first-order chi connectivity index (χ1) is 8.06. The van der Waals surface area contributed by atoms with Crippen LogP contribution in [-0.4, -0.2) is 46.3 Å². The van der Waals surface area contributed by atoms with E-state index in [0.29, 0.717) is 26.2 Å². The fourth-order valence-electron chi connectivity index (χ4n) is 1.29. The second kappa shape index (κ2) is 6.75. The fraction of sp³-hybridized carbons (Fsp3) is 0.600. The van der Waals surface area contributed by atoms with Crippen LogP contribution in [0, 0.1) is 0 Å². The Morgan fingerprint density at radius 1 is 1.35 bits per heavy atom. The molecule has 0 fully saturated rings. The highest BCUT2D eigenvalue weighted by atomic mass is 32.2. The van der Waals surface area contributed by atoms with Crippen molar-refractivity contribution in [1.29, 1.82) is 0 Å². The Kier molecular flexibility index (Phi) is 5.63. The van der Waals surface area contributed by atoms with Crippen molar-refractivity contribution in [2.45, 2.75) is 4.90 Å². The molecule has 0 unspecified atom stereocenters. The van der Waals surface area contributed by atoms with Gasteiger partial charge in [-0.2, -0.15) is 0 Å². The number of ether oxygens (including phenoxy) is 1. The summed E-state index contributed by atoms with van der Waals surface area (Å²) in [6.07, 6.45) is 3.27. The van der Waals surface area contributed by atoms with Gasteiger partial charge < -0.3 is 14.6 Å². The molecule has 1 heterocycles. The standard InChI is InChI=1S/C10H19N3O3S/c1-13-7-3-10(9-13)17(14,15)12-5-4-11-6-8-16-2/h3,7,9,11-12H,4-6,8H2,1-2H3. The van der Waals surface area contributed by atoms with Crippen LogP contribution in [-0.2, 0) is 21.8 Å². The van der Waals surface area contributed by atoms with Crippen LogP contribution in [0.3, 0.4) is 0 Å². The van der Waals surface area contributed by atoms with E-state index in [2.05, 4.69) is 10.0 Å². The highest BCUT2D eigenvalue weighted by Crippen LogP contribution is 2.07. The van der Waals surface area contributed by atoms with E-state index in [1.807, 2.05) is 0 Å². The first kappa shape index (κ1) is 14.2. The molecular weight excluding hydrogens is 242 g/mol. The van der Waals surface area contributed by atoms with Crippen LogP contribution in [0.25, 0.3) is 0 Å². The van der Waals surface area contributed by atoms with Crippen LogP contribution >= 0.6 is 0 Å². The van der Waals surface area contributed by atoms with Gasteiger partial charge in [0.25, 0.3) is 0 Å². The summed E-state index contributed by atoms with van der Waals surface area (Å²) in [5, 5.41) is 3.06. The molecule has 1 rings (SSSR count). The molecule has 0 aliphatic rings. The molecule has 0 aliphatic heterocycles. The maximum atomic E-state index is 11.8. The third kappa shape index (κ3) is 4.86. The van der Waals surface area contributed by atoms with Crippen molar-refractivity contribution in [2.24, 2.45) is 7.05 Å². The number of sulfonamides is 1. The summed E-state index contributed by atoms with van der Waals surface area (Å²) in [5.41, 5.74) is 0. The Labute approximate surface area is 102 Å². The molecule has 0 saturated heterocycles. The SMILES string of the molecule is COCCNCCNS(=O)(=O)c1ccn(C)c1. The molecule has 0 aliphatic carbocycles. The normalized spacial score (nSPS) is 11.9. The predicted molar refractivity (Wildman–Crippen MR) is 65.3 cm³/mol. The van der Waals surface area contributed by atoms with Gasteiger partial charge in [0.15, 0.2) is 0 Å². The smallest absolute Gasteiger partial charge is 0.242 e. The molecule has 1 aromatic heterocycles. The number of aromatic nitrogens is 1. The first-order valence-corrected chi connectivity index (χ1v) is 6.86. The number of rotatable bonds is 8. The van der Waals surface area contributed by atoms with Gasteiger partial charge >= 0.3 is 0 Å². The zero-order valence-electron chi connectivity index (χ0n) is 10.1. The summed E-state index contributed by atoms with van der Waals surface area (Å²) >= 11 is 0. The van der Waals surface area contributed by atoms with E-state index in [9.17, 15) is 8.42 Å². The van der Waals surface area contributed by atoms with Gasteiger partial charge in [-0.05, 0) is 6.07 Å². The summed E-state index contributed by atoms with van der Waals surface area (Å²) in [4.78, 5) is 0.289. The Balaban J connectivity index is 2.31. The fourth-order valence-corrected chi connectivity index (χ4v) is 2.38. The highest BCUT2D eigenvalue weighted by Gasteiger charge is 2.13. The quantitative estimate of drug-likeness (QED) is 0.621. The molecule has 6 nitrogen and oxygen atoms in total. The Morgan fingerprint density at radius 2 is 2.12 bits per heavy atom. The lowest BCUT2D eigenvalue weighted by Crippen LogP contribution is -2.33. The molecule has 0 saturated carbocycles. The molecule has 0 spiro atoms. The van der Waals surface area contributed by atoms with Crippen molar-refractivity contribution < 1.29 is 13.2 Å². The third-order valence-electron chi connectivity index (χ3n) is 2.19. The zero-order valence-corrected chi connectivity index (χ0v) is 11.0. The molecule has 7 heteroatoms. The van der Waals surface area contributed by atoms with Crippen molar-refractivity contribution in [1.82, 2.24) is 14.6 Å².